The number of urea groups is 1. The lowest BCUT2D eigenvalue weighted by atomic mass is 10.2. The Morgan fingerprint density at radius 2 is 2.21 bits per heavy atom. The van der Waals surface area contributed by atoms with Crippen LogP contribution >= 0.6 is 23.1 Å². The Labute approximate surface area is 119 Å². The van der Waals surface area contributed by atoms with Gasteiger partial charge in [-0.25, -0.2) is 9.78 Å². The number of hydrogen-bond donors (Lipinski definition) is 3. The van der Waals surface area contributed by atoms with Gasteiger partial charge in [0.15, 0.2) is 5.13 Å². The van der Waals surface area contributed by atoms with Crippen molar-refractivity contribution >= 4 is 40.2 Å². The number of thioether (sulfide) groups is 1. The number of anilines is 1. The minimum absolute atomic E-state index is 0.180. The molecule has 2 rings (SSSR count). The molecule has 0 bridgehead atoms. The van der Waals surface area contributed by atoms with Crippen LogP contribution in [0.4, 0.5) is 9.93 Å². The third-order valence-electron chi connectivity index (χ3n) is 2.79. The Hall–Kier alpha value is -1.28. The second-order valence-electron chi connectivity index (χ2n) is 4.31. The number of amides is 3. The van der Waals surface area contributed by atoms with E-state index in [0.717, 1.165) is 29.9 Å². The SMILES string of the molecule is Nc1ncc(SCC(=O)NC(=O)NC2CCCC2)s1. The maximum absolute atomic E-state index is 11.6. The molecule has 4 N–H and O–H groups in total. The number of rotatable bonds is 4. The van der Waals surface area contributed by atoms with E-state index in [2.05, 4.69) is 15.6 Å². The predicted octanol–water partition coefficient (Wildman–Crippen LogP) is 1.59. The third kappa shape index (κ3) is 4.71. The lowest BCUT2D eigenvalue weighted by Gasteiger charge is -2.11. The number of carbonyl (C=O) groups is 2. The van der Waals surface area contributed by atoms with Crippen molar-refractivity contribution in [3.05, 3.63) is 6.20 Å². The topological polar surface area (TPSA) is 97.1 Å². The molecule has 0 aliphatic heterocycles. The largest absolute Gasteiger partial charge is 0.375 e. The number of nitrogens with zero attached hydrogens (tertiary/aromatic N) is 1. The predicted molar refractivity (Wildman–Crippen MR) is 76.2 cm³/mol. The van der Waals surface area contributed by atoms with Crippen molar-refractivity contribution in [2.45, 2.75) is 35.9 Å². The van der Waals surface area contributed by atoms with Crippen LogP contribution in [0.3, 0.4) is 0 Å². The van der Waals surface area contributed by atoms with Crippen LogP contribution < -0.4 is 16.4 Å². The summed E-state index contributed by atoms with van der Waals surface area (Å²) in [5, 5.41) is 5.60. The van der Waals surface area contributed by atoms with Crippen molar-refractivity contribution in [3.8, 4) is 0 Å². The number of thiazole rings is 1. The average molecular weight is 300 g/mol. The first-order valence-corrected chi connectivity index (χ1v) is 7.88. The number of hydrogen-bond acceptors (Lipinski definition) is 6. The second kappa shape index (κ2) is 6.76. The standard InChI is InChI=1S/C11H16N4O2S2/c12-10-13-5-9(19-10)18-6-8(16)15-11(17)14-7-3-1-2-4-7/h5,7H,1-4,6H2,(H2,12,13)(H2,14,15,16,17). The third-order valence-corrected chi connectivity index (χ3v) is 4.81. The second-order valence-corrected chi connectivity index (χ2v) is 6.65. The van der Waals surface area contributed by atoms with Crippen LogP contribution in [0.15, 0.2) is 10.4 Å². The summed E-state index contributed by atoms with van der Waals surface area (Å²) in [5.74, 6) is -0.132. The summed E-state index contributed by atoms with van der Waals surface area (Å²) in [6, 6.07) is -0.192. The zero-order valence-corrected chi connectivity index (χ0v) is 12.0. The van der Waals surface area contributed by atoms with Crippen molar-refractivity contribution in [1.82, 2.24) is 15.6 Å². The highest BCUT2D eigenvalue weighted by atomic mass is 32.2. The highest BCUT2D eigenvalue weighted by Crippen LogP contribution is 2.25. The fourth-order valence-electron chi connectivity index (χ4n) is 1.93. The minimum atomic E-state index is -0.402. The zero-order chi connectivity index (χ0) is 13.7. The van der Waals surface area contributed by atoms with Gasteiger partial charge in [0.25, 0.3) is 0 Å². The molecule has 104 valence electrons. The monoisotopic (exact) mass is 300 g/mol. The van der Waals surface area contributed by atoms with Crippen LogP contribution in [0.2, 0.25) is 0 Å². The molecule has 3 amide bonds. The molecule has 1 heterocycles. The average Bonchev–Trinajstić information content (AvgIpc) is 2.98. The van der Waals surface area contributed by atoms with E-state index in [0.29, 0.717) is 5.13 Å². The van der Waals surface area contributed by atoms with Crippen LogP contribution in [-0.2, 0) is 4.79 Å². The summed E-state index contributed by atoms with van der Waals surface area (Å²) >= 11 is 2.64. The van der Waals surface area contributed by atoms with Crippen LogP contribution in [0, 0.1) is 0 Å². The molecular formula is C11H16N4O2S2. The maximum atomic E-state index is 11.6. The summed E-state index contributed by atoms with van der Waals surface area (Å²) in [7, 11) is 0. The van der Waals surface area contributed by atoms with E-state index in [1.165, 1.54) is 23.1 Å². The summed E-state index contributed by atoms with van der Waals surface area (Å²) in [6.45, 7) is 0. The Kier molecular flexibility index (Phi) is 5.03. The van der Waals surface area contributed by atoms with E-state index in [9.17, 15) is 9.59 Å². The van der Waals surface area contributed by atoms with E-state index in [1.54, 1.807) is 6.20 Å². The molecule has 0 unspecified atom stereocenters. The van der Waals surface area contributed by atoms with Gasteiger partial charge in [0, 0.05) is 6.04 Å². The van der Waals surface area contributed by atoms with Crippen LogP contribution in [0.5, 0.6) is 0 Å². The fourth-order valence-corrected chi connectivity index (χ4v) is 3.49. The normalized spacial score (nSPS) is 15.4. The van der Waals surface area contributed by atoms with Gasteiger partial charge in [0.1, 0.15) is 0 Å². The zero-order valence-electron chi connectivity index (χ0n) is 10.3. The van der Waals surface area contributed by atoms with Crippen molar-refractivity contribution in [1.29, 1.82) is 0 Å². The van der Waals surface area contributed by atoms with Crippen LogP contribution in [0.1, 0.15) is 25.7 Å². The van der Waals surface area contributed by atoms with Crippen molar-refractivity contribution in [3.63, 3.8) is 0 Å². The van der Waals surface area contributed by atoms with Crippen molar-refractivity contribution in [2.75, 3.05) is 11.5 Å². The number of nitrogen functional groups attached to an aromatic ring is 1. The molecule has 0 atom stereocenters. The molecule has 0 radical (unpaired) electrons. The molecule has 19 heavy (non-hydrogen) atoms. The molecule has 1 saturated carbocycles. The quantitative estimate of drug-likeness (QED) is 0.734. The maximum Gasteiger partial charge on any atom is 0.321 e. The molecule has 0 aromatic carbocycles. The Bertz CT molecular complexity index is 457. The molecule has 1 aromatic heterocycles. The van der Waals surface area contributed by atoms with Crippen LogP contribution in [-0.4, -0.2) is 28.7 Å². The number of carbonyl (C=O) groups excluding carboxylic acids is 2. The van der Waals surface area contributed by atoms with Gasteiger partial charge in [0.05, 0.1) is 16.2 Å². The fraction of sp³-hybridized carbons (Fsp3) is 0.545. The van der Waals surface area contributed by atoms with Crippen molar-refractivity contribution < 1.29 is 9.59 Å². The van der Waals surface area contributed by atoms with E-state index >= 15 is 0 Å². The van der Waals surface area contributed by atoms with E-state index in [-0.39, 0.29) is 17.7 Å². The first-order chi connectivity index (χ1) is 9.13. The molecule has 6 nitrogen and oxygen atoms in total. The number of nitrogens with two attached hydrogens (primary N) is 1. The van der Waals surface area contributed by atoms with Gasteiger partial charge >= 0.3 is 6.03 Å². The minimum Gasteiger partial charge on any atom is -0.375 e. The molecule has 0 saturated heterocycles. The number of aromatic nitrogens is 1. The first-order valence-electron chi connectivity index (χ1n) is 6.08. The van der Waals surface area contributed by atoms with Crippen LogP contribution in [0.25, 0.3) is 0 Å². The molecule has 1 aromatic rings. The van der Waals surface area contributed by atoms with E-state index in [4.69, 9.17) is 5.73 Å². The lowest BCUT2D eigenvalue weighted by molar-refractivity contribution is -0.117. The summed E-state index contributed by atoms with van der Waals surface area (Å²) in [5.41, 5.74) is 5.49. The lowest BCUT2D eigenvalue weighted by Crippen LogP contribution is -2.44. The van der Waals surface area contributed by atoms with Gasteiger partial charge in [0.2, 0.25) is 5.91 Å². The molecule has 8 heteroatoms. The number of imide groups is 1. The van der Waals surface area contributed by atoms with E-state index < -0.39 is 6.03 Å². The van der Waals surface area contributed by atoms with Gasteiger partial charge in [-0.05, 0) is 12.8 Å². The smallest absolute Gasteiger partial charge is 0.321 e. The molecule has 1 fully saturated rings. The highest BCUT2D eigenvalue weighted by molar-refractivity contribution is 8.01. The van der Waals surface area contributed by atoms with Gasteiger partial charge in [-0.3, -0.25) is 10.1 Å². The van der Waals surface area contributed by atoms with Gasteiger partial charge in [-0.1, -0.05) is 24.2 Å². The van der Waals surface area contributed by atoms with E-state index in [1.807, 2.05) is 0 Å². The van der Waals surface area contributed by atoms with Crippen molar-refractivity contribution in [2.24, 2.45) is 0 Å². The van der Waals surface area contributed by atoms with Gasteiger partial charge in [-0.2, -0.15) is 0 Å². The molecule has 1 aliphatic rings. The Morgan fingerprint density at radius 3 is 2.84 bits per heavy atom. The summed E-state index contributed by atoms with van der Waals surface area (Å²) < 4.78 is 0.865. The first kappa shape index (κ1) is 14.1. The highest BCUT2D eigenvalue weighted by Gasteiger charge is 2.18. The number of nitrogens with one attached hydrogen (secondary N) is 2. The molecular weight excluding hydrogens is 284 g/mol. The molecule has 0 spiro atoms. The summed E-state index contributed by atoms with van der Waals surface area (Å²) in [6.07, 6.45) is 5.90. The summed E-state index contributed by atoms with van der Waals surface area (Å²) in [4.78, 5) is 27.0. The van der Waals surface area contributed by atoms with Gasteiger partial charge in [-0.15, -0.1) is 11.8 Å². The Balaban J connectivity index is 1.67. The molecule has 1 aliphatic carbocycles. The Morgan fingerprint density at radius 1 is 1.47 bits per heavy atom. The van der Waals surface area contributed by atoms with Gasteiger partial charge < -0.3 is 11.1 Å².